The van der Waals surface area contributed by atoms with Gasteiger partial charge in [-0.1, -0.05) is 49.4 Å². The van der Waals surface area contributed by atoms with Crippen LogP contribution < -0.4 is 11.1 Å². The van der Waals surface area contributed by atoms with Gasteiger partial charge in [0.15, 0.2) is 5.96 Å². The lowest BCUT2D eigenvalue weighted by molar-refractivity contribution is 0.130. The Balaban J connectivity index is 1.37. The molecule has 0 aliphatic carbocycles. The van der Waals surface area contributed by atoms with Gasteiger partial charge in [-0.25, -0.2) is 0 Å². The van der Waals surface area contributed by atoms with Crippen LogP contribution in [0.3, 0.4) is 0 Å². The summed E-state index contributed by atoms with van der Waals surface area (Å²) in [5.74, 6) is 0.492. The van der Waals surface area contributed by atoms with Crippen LogP contribution in [0, 0.1) is 0 Å². The minimum absolute atomic E-state index is 0.492. The van der Waals surface area contributed by atoms with E-state index in [1.54, 1.807) is 0 Å². The van der Waals surface area contributed by atoms with Gasteiger partial charge in [-0.3, -0.25) is 14.8 Å². The van der Waals surface area contributed by atoms with Crippen molar-refractivity contribution in [3.05, 3.63) is 65.7 Å². The Morgan fingerprint density at radius 1 is 0.963 bits per heavy atom. The van der Waals surface area contributed by atoms with Gasteiger partial charge in [0.25, 0.3) is 0 Å². The molecule has 0 saturated carbocycles. The zero-order valence-electron chi connectivity index (χ0n) is 16.3. The number of nitrogens with two attached hydrogens (primary N) is 1. The Bertz CT molecular complexity index is 720. The van der Waals surface area contributed by atoms with E-state index in [0.29, 0.717) is 5.96 Å². The fourth-order valence-corrected chi connectivity index (χ4v) is 3.38. The van der Waals surface area contributed by atoms with Crippen LogP contribution in [0.15, 0.2) is 59.6 Å². The van der Waals surface area contributed by atoms with Crippen molar-refractivity contribution in [2.75, 3.05) is 44.6 Å². The summed E-state index contributed by atoms with van der Waals surface area (Å²) >= 11 is 0. The first-order valence-corrected chi connectivity index (χ1v) is 9.87. The molecule has 5 nitrogen and oxygen atoms in total. The molecular formula is C22H31N5. The van der Waals surface area contributed by atoms with Gasteiger partial charge in [-0.15, -0.1) is 0 Å². The minimum Gasteiger partial charge on any atom is -0.370 e. The normalized spacial score (nSPS) is 16.4. The molecule has 27 heavy (non-hydrogen) atoms. The number of hydrogen-bond donors (Lipinski definition) is 2. The average molecular weight is 366 g/mol. The fourth-order valence-electron chi connectivity index (χ4n) is 3.38. The van der Waals surface area contributed by atoms with Crippen molar-refractivity contribution in [1.82, 2.24) is 9.80 Å². The van der Waals surface area contributed by atoms with Crippen molar-refractivity contribution >= 4 is 11.6 Å². The summed E-state index contributed by atoms with van der Waals surface area (Å²) in [6.45, 7) is 9.27. The van der Waals surface area contributed by atoms with E-state index in [1.165, 1.54) is 11.1 Å². The van der Waals surface area contributed by atoms with Gasteiger partial charge in [-0.2, -0.15) is 0 Å². The summed E-state index contributed by atoms with van der Waals surface area (Å²) in [6, 6.07) is 19.0. The molecular weight excluding hydrogens is 334 g/mol. The lowest BCUT2D eigenvalue weighted by Crippen LogP contribution is -2.46. The van der Waals surface area contributed by atoms with Gasteiger partial charge in [-0.05, 0) is 29.7 Å². The van der Waals surface area contributed by atoms with Crippen LogP contribution in [0.25, 0.3) is 0 Å². The Kier molecular flexibility index (Phi) is 7.25. The zero-order chi connectivity index (χ0) is 18.9. The van der Waals surface area contributed by atoms with Crippen molar-refractivity contribution in [1.29, 1.82) is 0 Å². The number of guanidine groups is 1. The van der Waals surface area contributed by atoms with Gasteiger partial charge in [0, 0.05) is 45.0 Å². The Labute approximate surface area is 162 Å². The number of aryl methyl sites for hydroxylation is 1. The van der Waals surface area contributed by atoms with Crippen molar-refractivity contribution in [2.24, 2.45) is 10.7 Å². The van der Waals surface area contributed by atoms with Crippen LogP contribution in [0.2, 0.25) is 0 Å². The number of anilines is 1. The zero-order valence-corrected chi connectivity index (χ0v) is 16.3. The molecule has 0 unspecified atom stereocenters. The highest BCUT2D eigenvalue weighted by molar-refractivity contribution is 5.92. The monoisotopic (exact) mass is 365 g/mol. The molecule has 1 aliphatic rings. The molecule has 0 spiro atoms. The summed E-state index contributed by atoms with van der Waals surface area (Å²) in [5.41, 5.74) is 9.72. The SMILES string of the molecule is CCc1cccc(NC(N)=NCCN2CCN(Cc3ccccc3)CC2)c1. The summed E-state index contributed by atoms with van der Waals surface area (Å²) in [5, 5.41) is 3.19. The maximum Gasteiger partial charge on any atom is 0.193 e. The number of aliphatic imine (C=N–C) groups is 1. The molecule has 1 aliphatic heterocycles. The van der Waals surface area contributed by atoms with Gasteiger partial charge in [0.1, 0.15) is 0 Å². The summed E-state index contributed by atoms with van der Waals surface area (Å²) in [7, 11) is 0. The van der Waals surface area contributed by atoms with Crippen molar-refractivity contribution in [2.45, 2.75) is 19.9 Å². The van der Waals surface area contributed by atoms with E-state index in [2.05, 4.69) is 69.5 Å². The number of hydrogen-bond acceptors (Lipinski definition) is 3. The van der Waals surface area contributed by atoms with Crippen molar-refractivity contribution < 1.29 is 0 Å². The predicted molar refractivity (Wildman–Crippen MR) is 114 cm³/mol. The Hall–Kier alpha value is -2.37. The van der Waals surface area contributed by atoms with Gasteiger partial charge < -0.3 is 11.1 Å². The lowest BCUT2D eigenvalue weighted by atomic mass is 10.1. The molecule has 3 rings (SSSR count). The van der Waals surface area contributed by atoms with Crippen molar-refractivity contribution in [3.63, 3.8) is 0 Å². The molecule has 2 aromatic carbocycles. The fraction of sp³-hybridized carbons (Fsp3) is 0.409. The second kappa shape index (κ2) is 10.1. The molecule has 2 aromatic rings. The van der Waals surface area contributed by atoms with E-state index < -0.39 is 0 Å². The molecule has 0 aromatic heterocycles. The standard InChI is InChI=1S/C22H31N5/c1-2-19-9-6-10-21(17-19)25-22(23)24-11-12-26-13-15-27(16-14-26)18-20-7-4-3-5-8-20/h3-10,17H,2,11-16,18H2,1H3,(H3,23,24,25). The van der Waals surface area contributed by atoms with E-state index in [-0.39, 0.29) is 0 Å². The van der Waals surface area contributed by atoms with Crippen LogP contribution in [-0.4, -0.2) is 55.0 Å². The van der Waals surface area contributed by atoms with Gasteiger partial charge in [0.2, 0.25) is 0 Å². The van der Waals surface area contributed by atoms with Gasteiger partial charge in [0.05, 0.1) is 6.54 Å². The number of rotatable bonds is 7. The van der Waals surface area contributed by atoms with Crippen LogP contribution in [-0.2, 0) is 13.0 Å². The van der Waals surface area contributed by atoms with Gasteiger partial charge >= 0.3 is 0 Å². The van der Waals surface area contributed by atoms with E-state index in [4.69, 9.17) is 5.73 Å². The van der Waals surface area contributed by atoms with E-state index in [1.807, 2.05) is 12.1 Å². The molecule has 5 heteroatoms. The van der Waals surface area contributed by atoms with Crippen LogP contribution >= 0.6 is 0 Å². The van der Waals surface area contributed by atoms with Crippen LogP contribution in [0.5, 0.6) is 0 Å². The molecule has 1 fully saturated rings. The Morgan fingerprint density at radius 2 is 1.67 bits per heavy atom. The largest absolute Gasteiger partial charge is 0.370 e. The minimum atomic E-state index is 0.492. The topological polar surface area (TPSA) is 56.9 Å². The maximum absolute atomic E-state index is 6.03. The van der Waals surface area contributed by atoms with E-state index in [9.17, 15) is 0 Å². The molecule has 1 saturated heterocycles. The summed E-state index contributed by atoms with van der Waals surface area (Å²) < 4.78 is 0. The number of nitrogens with one attached hydrogen (secondary N) is 1. The number of piperazine rings is 1. The highest BCUT2D eigenvalue weighted by Crippen LogP contribution is 2.11. The average Bonchev–Trinajstić information content (AvgIpc) is 2.70. The predicted octanol–water partition coefficient (Wildman–Crippen LogP) is 2.79. The second-order valence-corrected chi connectivity index (χ2v) is 7.05. The molecule has 0 amide bonds. The second-order valence-electron chi connectivity index (χ2n) is 7.05. The van der Waals surface area contributed by atoms with E-state index >= 15 is 0 Å². The summed E-state index contributed by atoms with van der Waals surface area (Å²) in [6.07, 6.45) is 1.02. The number of benzene rings is 2. The van der Waals surface area contributed by atoms with Crippen molar-refractivity contribution in [3.8, 4) is 0 Å². The third-order valence-corrected chi connectivity index (χ3v) is 5.02. The van der Waals surface area contributed by atoms with E-state index in [0.717, 1.165) is 57.9 Å². The highest BCUT2D eigenvalue weighted by atomic mass is 15.3. The van der Waals surface area contributed by atoms with Crippen LogP contribution in [0.1, 0.15) is 18.1 Å². The molecule has 0 bridgehead atoms. The highest BCUT2D eigenvalue weighted by Gasteiger charge is 2.16. The third kappa shape index (κ3) is 6.38. The first kappa shape index (κ1) is 19.4. The third-order valence-electron chi connectivity index (χ3n) is 5.02. The lowest BCUT2D eigenvalue weighted by Gasteiger charge is -2.34. The summed E-state index contributed by atoms with van der Waals surface area (Å²) in [4.78, 5) is 9.47. The Morgan fingerprint density at radius 3 is 2.41 bits per heavy atom. The molecule has 1 heterocycles. The number of nitrogens with zero attached hydrogens (tertiary/aromatic N) is 3. The molecule has 144 valence electrons. The molecule has 0 radical (unpaired) electrons. The quantitative estimate of drug-likeness (QED) is 0.585. The molecule has 0 atom stereocenters. The first-order valence-electron chi connectivity index (χ1n) is 9.87. The van der Waals surface area contributed by atoms with Crippen LogP contribution in [0.4, 0.5) is 5.69 Å². The smallest absolute Gasteiger partial charge is 0.193 e. The maximum atomic E-state index is 6.03. The molecule has 3 N–H and O–H groups in total. The first-order chi connectivity index (χ1) is 13.2.